The van der Waals surface area contributed by atoms with Gasteiger partial charge in [0.05, 0.1) is 17.6 Å². The highest BCUT2D eigenvalue weighted by Gasteiger charge is 2.09. The summed E-state index contributed by atoms with van der Waals surface area (Å²) in [5, 5.41) is 1.08. The molecule has 0 saturated carbocycles. The number of imidazole rings is 1. The van der Waals surface area contributed by atoms with Gasteiger partial charge in [0.2, 0.25) is 0 Å². The zero-order valence-electron chi connectivity index (χ0n) is 13.1. The van der Waals surface area contributed by atoms with Crippen molar-refractivity contribution in [1.29, 1.82) is 0 Å². The van der Waals surface area contributed by atoms with Crippen molar-refractivity contribution in [2.75, 3.05) is 12.4 Å². The predicted molar refractivity (Wildman–Crippen MR) is 99.9 cm³/mol. The molecular weight excluding hydrogens is 328 g/mol. The van der Waals surface area contributed by atoms with Crippen LogP contribution < -0.4 is 4.74 Å². The third kappa shape index (κ3) is 4.43. The number of aromatic nitrogens is 2. The van der Waals surface area contributed by atoms with Crippen molar-refractivity contribution in [3.8, 4) is 5.75 Å². The zero-order chi connectivity index (χ0) is 15.2. The Kier molecular flexibility index (Phi) is 6.81. The van der Waals surface area contributed by atoms with Crippen molar-refractivity contribution in [1.82, 2.24) is 9.55 Å². The van der Waals surface area contributed by atoms with Crippen LogP contribution in [0.3, 0.4) is 0 Å². The van der Waals surface area contributed by atoms with E-state index in [9.17, 15) is 0 Å². The fourth-order valence-corrected chi connectivity index (χ4v) is 3.27. The second kappa shape index (κ2) is 8.85. The van der Waals surface area contributed by atoms with Gasteiger partial charge in [-0.25, -0.2) is 4.98 Å². The van der Waals surface area contributed by atoms with Gasteiger partial charge in [0.25, 0.3) is 0 Å². The van der Waals surface area contributed by atoms with E-state index < -0.39 is 0 Å². The Morgan fingerprint density at radius 3 is 2.57 bits per heavy atom. The number of para-hydroxylation sites is 3. The molecule has 5 heteroatoms. The molecule has 0 aliphatic rings. The Hall–Kier alpha value is -1.65. The molecule has 0 spiro atoms. The lowest BCUT2D eigenvalue weighted by molar-refractivity contribution is 0.344. The number of hydrogen-bond donors (Lipinski definition) is 0. The largest absolute Gasteiger partial charge is 0.493 e. The summed E-state index contributed by atoms with van der Waals surface area (Å²) in [6.45, 7) is 3.88. The Morgan fingerprint density at radius 2 is 1.78 bits per heavy atom. The first kappa shape index (κ1) is 17.7. The standard InChI is InChI=1S/C18H20N2OS.ClH/c1-2-12-20-17-11-7-6-10-16(17)19-18(20)22-14-13-21-15-8-4-3-5-9-15;/h3-11H,2,12-14H2,1H3;1H. The van der Waals surface area contributed by atoms with Crippen LogP contribution in [0.25, 0.3) is 11.0 Å². The quantitative estimate of drug-likeness (QED) is 0.442. The summed E-state index contributed by atoms with van der Waals surface area (Å²) in [5.41, 5.74) is 2.29. The van der Waals surface area contributed by atoms with Gasteiger partial charge in [-0.15, -0.1) is 12.4 Å². The SMILES string of the molecule is CCCn1c(SCCOc2ccccc2)nc2ccccc21.Cl. The average Bonchev–Trinajstić information content (AvgIpc) is 2.91. The molecular formula is C18H21ClN2OS. The van der Waals surface area contributed by atoms with Gasteiger partial charge in [-0.2, -0.15) is 0 Å². The summed E-state index contributed by atoms with van der Waals surface area (Å²) in [7, 11) is 0. The molecule has 3 nitrogen and oxygen atoms in total. The number of halogens is 1. The number of thioether (sulfide) groups is 1. The van der Waals surface area contributed by atoms with Crippen LogP contribution in [0.4, 0.5) is 0 Å². The predicted octanol–water partition coefficient (Wildman–Crippen LogP) is 5.04. The van der Waals surface area contributed by atoms with E-state index in [4.69, 9.17) is 9.72 Å². The van der Waals surface area contributed by atoms with Gasteiger partial charge in [0.15, 0.2) is 5.16 Å². The fraction of sp³-hybridized carbons (Fsp3) is 0.278. The van der Waals surface area contributed by atoms with E-state index in [1.807, 2.05) is 36.4 Å². The van der Waals surface area contributed by atoms with Gasteiger partial charge in [-0.1, -0.05) is 49.0 Å². The number of ether oxygens (including phenoxy) is 1. The minimum absolute atomic E-state index is 0. The third-order valence-corrected chi connectivity index (χ3v) is 4.33. The highest BCUT2D eigenvalue weighted by Crippen LogP contribution is 2.24. The first-order valence-electron chi connectivity index (χ1n) is 7.64. The normalized spacial score (nSPS) is 10.5. The molecule has 0 saturated heterocycles. The topological polar surface area (TPSA) is 27.1 Å². The van der Waals surface area contributed by atoms with Crippen molar-refractivity contribution in [2.45, 2.75) is 25.0 Å². The number of aryl methyl sites for hydroxylation is 1. The molecule has 2 aromatic carbocycles. The van der Waals surface area contributed by atoms with Crippen molar-refractivity contribution in [3.05, 3.63) is 54.6 Å². The van der Waals surface area contributed by atoms with Gasteiger partial charge in [-0.3, -0.25) is 0 Å². The van der Waals surface area contributed by atoms with E-state index in [1.165, 1.54) is 5.52 Å². The van der Waals surface area contributed by atoms with Gasteiger partial charge in [0.1, 0.15) is 5.75 Å². The lowest BCUT2D eigenvalue weighted by Crippen LogP contribution is -2.03. The zero-order valence-corrected chi connectivity index (χ0v) is 14.8. The van der Waals surface area contributed by atoms with Crippen LogP contribution in [-0.4, -0.2) is 21.9 Å². The Balaban J connectivity index is 0.00000192. The molecule has 0 atom stereocenters. The second-order valence-corrected chi connectivity index (χ2v) is 6.11. The van der Waals surface area contributed by atoms with E-state index in [2.05, 4.69) is 29.7 Å². The third-order valence-electron chi connectivity index (χ3n) is 3.39. The molecule has 0 fully saturated rings. The highest BCUT2D eigenvalue weighted by molar-refractivity contribution is 7.99. The summed E-state index contributed by atoms with van der Waals surface area (Å²) >= 11 is 1.76. The van der Waals surface area contributed by atoms with Crippen molar-refractivity contribution < 1.29 is 4.74 Å². The van der Waals surface area contributed by atoms with E-state index in [0.29, 0.717) is 6.61 Å². The molecule has 0 unspecified atom stereocenters. The van der Waals surface area contributed by atoms with E-state index in [-0.39, 0.29) is 12.4 Å². The van der Waals surface area contributed by atoms with Crippen molar-refractivity contribution >= 4 is 35.2 Å². The fourth-order valence-electron chi connectivity index (χ4n) is 2.41. The molecule has 3 rings (SSSR count). The van der Waals surface area contributed by atoms with Crippen LogP contribution in [0.2, 0.25) is 0 Å². The van der Waals surface area contributed by atoms with Crippen molar-refractivity contribution in [2.24, 2.45) is 0 Å². The van der Waals surface area contributed by atoms with Gasteiger partial charge < -0.3 is 9.30 Å². The molecule has 0 aliphatic carbocycles. The minimum Gasteiger partial charge on any atom is -0.493 e. The molecule has 23 heavy (non-hydrogen) atoms. The maximum Gasteiger partial charge on any atom is 0.169 e. The highest BCUT2D eigenvalue weighted by atomic mass is 35.5. The molecule has 0 aliphatic heterocycles. The summed E-state index contributed by atoms with van der Waals surface area (Å²) in [5.74, 6) is 1.81. The molecule has 0 N–H and O–H groups in total. The number of nitrogens with zero attached hydrogens (tertiary/aromatic N) is 2. The molecule has 0 amide bonds. The first-order valence-corrected chi connectivity index (χ1v) is 8.63. The van der Waals surface area contributed by atoms with E-state index in [0.717, 1.165) is 35.1 Å². The monoisotopic (exact) mass is 348 g/mol. The Morgan fingerprint density at radius 1 is 1.04 bits per heavy atom. The molecule has 1 heterocycles. The van der Waals surface area contributed by atoms with Crippen LogP contribution in [-0.2, 0) is 6.54 Å². The maximum atomic E-state index is 5.74. The van der Waals surface area contributed by atoms with Crippen LogP contribution >= 0.6 is 24.2 Å². The van der Waals surface area contributed by atoms with Crippen LogP contribution in [0.5, 0.6) is 5.75 Å². The molecule has 3 aromatic rings. The van der Waals surface area contributed by atoms with Crippen molar-refractivity contribution in [3.63, 3.8) is 0 Å². The van der Waals surface area contributed by atoms with Crippen LogP contribution in [0.15, 0.2) is 59.8 Å². The molecule has 122 valence electrons. The van der Waals surface area contributed by atoms with Crippen LogP contribution in [0.1, 0.15) is 13.3 Å². The number of benzene rings is 2. The van der Waals surface area contributed by atoms with Gasteiger partial charge in [0, 0.05) is 12.3 Å². The van der Waals surface area contributed by atoms with Crippen LogP contribution in [0, 0.1) is 0 Å². The smallest absolute Gasteiger partial charge is 0.169 e. The second-order valence-electron chi connectivity index (χ2n) is 5.04. The number of hydrogen-bond acceptors (Lipinski definition) is 3. The summed E-state index contributed by atoms with van der Waals surface area (Å²) in [6, 6.07) is 18.3. The van der Waals surface area contributed by atoms with E-state index in [1.54, 1.807) is 11.8 Å². The average molecular weight is 349 g/mol. The molecule has 0 radical (unpaired) electrons. The Bertz CT molecular complexity index is 730. The van der Waals surface area contributed by atoms with Gasteiger partial charge in [-0.05, 0) is 30.7 Å². The molecule has 1 aromatic heterocycles. The minimum atomic E-state index is 0. The summed E-state index contributed by atoms with van der Waals surface area (Å²) < 4.78 is 8.05. The molecule has 0 bridgehead atoms. The summed E-state index contributed by atoms with van der Waals surface area (Å²) in [4.78, 5) is 4.75. The van der Waals surface area contributed by atoms with E-state index >= 15 is 0 Å². The maximum absolute atomic E-state index is 5.74. The number of fused-ring (bicyclic) bond motifs is 1. The summed E-state index contributed by atoms with van der Waals surface area (Å²) in [6.07, 6.45) is 1.11. The first-order chi connectivity index (χ1) is 10.9. The Labute approximate surface area is 147 Å². The van der Waals surface area contributed by atoms with Gasteiger partial charge >= 0.3 is 0 Å². The lowest BCUT2D eigenvalue weighted by Gasteiger charge is -2.08. The lowest BCUT2D eigenvalue weighted by atomic mass is 10.3. The number of rotatable bonds is 7.